The van der Waals surface area contributed by atoms with E-state index < -0.39 is 0 Å². The monoisotopic (exact) mass is 284 g/mol. The summed E-state index contributed by atoms with van der Waals surface area (Å²) in [6.07, 6.45) is 0. The minimum absolute atomic E-state index is 0.0372. The van der Waals surface area contributed by atoms with Crippen molar-refractivity contribution in [3.8, 4) is 5.75 Å². The van der Waals surface area contributed by atoms with Crippen molar-refractivity contribution in [2.24, 2.45) is 5.73 Å². The van der Waals surface area contributed by atoms with Crippen molar-refractivity contribution in [2.75, 3.05) is 7.11 Å². The van der Waals surface area contributed by atoms with Crippen LogP contribution in [0.5, 0.6) is 5.75 Å². The lowest BCUT2D eigenvalue weighted by atomic mass is 9.98. The molecule has 1 atom stereocenters. The minimum atomic E-state index is -0.240. The summed E-state index contributed by atoms with van der Waals surface area (Å²) >= 11 is 0. The van der Waals surface area contributed by atoms with Gasteiger partial charge in [0, 0.05) is 19.0 Å². The van der Waals surface area contributed by atoms with Gasteiger partial charge in [-0.15, -0.1) is 0 Å². The molecule has 1 amide bonds. The molecule has 0 saturated heterocycles. The summed E-state index contributed by atoms with van der Waals surface area (Å²) in [4.78, 5) is 10.9. The van der Waals surface area contributed by atoms with Crippen LogP contribution in [0.25, 0.3) is 0 Å². The van der Waals surface area contributed by atoms with Gasteiger partial charge in [0.15, 0.2) is 0 Å². The highest BCUT2D eigenvalue weighted by atomic mass is 16.5. The largest absolute Gasteiger partial charge is 0.496 e. The number of nitrogens with two attached hydrogens (primary N) is 1. The number of carbonyl (C=O) groups excluding carboxylic acids is 1. The average molecular weight is 284 g/mol. The van der Waals surface area contributed by atoms with Gasteiger partial charge in [0.2, 0.25) is 5.91 Å². The second kappa shape index (κ2) is 6.90. The van der Waals surface area contributed by atoms with E-state index in [0.717, 1.165) is 22.4 Å². The van der Waals surface area contributed by atoms with Crippen LogP contribution < -0.4 is 15.8 Å². The van der Waals surface area contributed by atoms with E-state index >= 15 is 0 Å². The first-order valence-corrected chi connectivity index (χ1v) is 6.83. The average Bonchev–Trinajstić information content (AvgIpc) is 2.52. The van der Waals surface area contributed by atoms with Crippen molar-refractivity contribution in [2.45, 2.75) is 19.5 Å². The number of para-hydroxylation sites is 1. The SMILES string of the molecule is COc1ccccc1C(N)c1ccc(CNC(C)=O)cc1. The fourth-order valence-corrected chi connectivity index (χ4v) is 2.17. The molecule has 3 N–H and O–H groups in total. The van der Waals surface area contributed by atoms with Crippen LogP contribution in [0.2, 0.25) is 0 Å². The Morgan fingerprint density at radius 2 is 1.86 bits per heavy atom. The molecule has 0 saturated carbocycles. The highest BCUT2D eigenvalue weighted by molar-refractivity contribution is 5.72. The molecule has 0 aliphatic heterocycles. The van der Waals surface area contributed by atoms with Gasteiger partial charge in [-0.1, -0.05) is 42.5 Å². The van der Waals surface area contributed by atoms with Crippen LogP contribution in [0.4, 0.5) is 0 Å². The second-order valence-electron chi connectivity index (χ2n) is 4.87. The maximum absolute atomic E-state index is 10.9. The zero-order valence-corrected chi connectivity index (χ0v) is 12.3. The summed E-state index contributed by atoms with van der Waals surface area (Å²) in [5.41, 5.74) is 9.32. The first kappa shape index (κ1) is 15.1. The molecule has 0 aromatic heterocycles. The van der Waals surface area contributed by atoms with E-state index in [4.69, 9.17) is 10.5 Å². The Labute approximate surface area is 124 Å². The van der Waals surface area contributed by atoms with Crippen LogP contribution in [-0.4, -0.2) is 13.0 Å². The molecule has 1 unspecified atom stereocenters. The van der Waals surface area contributed by atoms with E-state index in [1.807, 2.05) is 48.5 Å². The zero-order chi connectivity index (χ0) is 15.2. The number of ether oxygens (including phenoxy) is 1. The summed E-state index contributed by atoms with van der Waals surface area (Å²) in [6.45, 7) is 2.03. The summed E-state index contributed by atoms with van der Waals surface area (Å²) in [5, 5.41) is 2.77. The predicted molar refractivity (Wildman–Crippen MR) is 83.0 cm³/mol. The molecule has 0 bridgehead atoms. The van der Waals surface area contributed by atoms with Crippen molar-refractivity contribution in [3.05, 3.63) is 65.2 Å². The molecular formula is C17H20N2O2. The molecular weight excluding hydrogens is 264 g/mol. The third kappa shape index (κ3) is 3.83. The molecule has 110 valence electrons. The van der Waals surface area contributed by atoms with E-state index in [2.05, 4.69) is 5.32 Å². The summed E-state index contributed by atoms with van der Waals surface area (Å²) in [7, 11) is 1.64. The lowest BCUT2D eigenvalue weighted by molar-refractivity contribution is -0.119. The molecule has 4 heteroatoms. The molecule has 2 rings (SSSR count). The van der Waals surface area contributed by atoms with Crippen LogP contribution in [0.15, 0.2) is 48.5 Å². The third-order valence-corrected chi connectivity index (χ3v) is 3.35. The highest BCUT2D eigenvalue weighted by Crippen LogP contribution is 2.28. The summed E-state index contributed by atoms with van der Waals surface area (Å²) < 4.78 is 5.35. The fourth-order valence-electron chi connectivity index (χ4n) is 2.17. The summed E-state index contributed by atoms with van der Waals surface area (Å²) in [5.74, 6) is 0.747. The Kier molecular flexibility index (Phi) is 4.95. The number of nitrogens with one attached hydrogen (secondary N) is 1. The fraction of sp³-hybridized carbons (Fsp3) is 0.235. The van der Waals surface area contributed by atoms with Crippen LogP contribution >= 0.6 is 0 Å². The highest BCUT2D eigenvalue weighted by Gasteiger charge is 2.13. The van der Waals surface area contributed by atoms with Gasteiger partial charge < -0.3 is 15.8 Å². The van der Waals surface area contributed by atoms with Gasteiger partial charge in [0.05, 0.1) is 13.2 Å². The Hall–Kier alpha value is -2.33. The first-order valence-electron chi connectivity index (χ1n) is 6.83. The van der Waals surface area contributed by atoms with Crippen molar-refractivity contribution in [3.63, 3.8) is 0 Å². The van der Waals surface area contributed by atoms with Gasteiger partial charge in [-0.2, -0.15) is 0 Å². The van der Waals surface area contributed by atoms with E-state index in [9.17, 15) is 4.79 Å². The molecule has 4 nitrogen and oxygen atoms in total. The number of hydrogen-bond acceptors (Lipinski definition) is 3. The number of benzene rings is 2. The number of methoxy groups -OCH3 is 1. The van der Waals surface area contributed by atoms with E-state index in [-0.39, 0.29) is 11.9 Å². The Balaban J connectivity index is 2.16. The van der Waals surface area contributed by atoms with Gasteiger partial charge in [0.25, 0.3) is 0 Å². The van der Waals surface area contributed by atoms with Gasteiger partial charge in [-0.3, -0.25) is 4.79 Å². The lowest BCUT2D eigenvalue weighted by Crippen LogP contribution is -2.19. The summed E-state index contributed by atoms with van der Waals surface area (Å²) in [6, 6.07) is 15.4. The van der Waals surface area contributed by atoms with E-state index in [1.165, 1.54) is 6.92 Å². The van der Waals surface area contributed by atoms with Gasteiger partial charge >= 0.3 is 0 Å². The third-order valence-electron chi connectivity index (χ3n) is 3.35. The normalized spacial score (nSPS) is 11.8. The van der Waals surface area contributed by atoms with Crippen LogP contribution in [0, 0.1) is 0 Å². The maximum atomic E-state index is 10.9. The number of rotatable bonds is 5. The van der Waals surface area contributed by atoms with E-state index in [1.54, 1.807) is 7.11 Å². The molecule has 0 aliphatic carbocycles. The standard InChI is InChI=1S/C17H20N2O2/c1-12(20)19-11-13-7-9-14(10-8-13)17(18)15-5-3-4-6-16(15)21-2/h3-10,17H,11,18H2,1-2H3,(H,19,20). The first-order chi connectivity index (χ1) is 10.1. The predicted octanol–water partition coefficient (Wildman–Crippen LogP) is 2.38. The lowest BCUT2D eigenvalue weighted by Gasteiger charge is -2.16. The molecule has 0 fully saturated rings. The Morgan fingerprint density at radius 1 is 1.19 bits per heavy atom. The van der Waals surface area contributed by atoms with Crippen LogP contribution in [0.3, 0.4) is 0 Å². The minimum Gasteiger partial charge on any atom is -0.496 e. The van der Waals surface area contributed by atoms with Gasteiger partial charge in [0.1, 0.15) is 5.75 Å². The molecule has 2 aromatic carbocycles. The Bertz CT molecular complexity index is 608. The molecule has 21 heavy (non-hydrogen) atoms. The van der Waals surface area contributed by atoms with E-state index in [0.29, 0.717) is 6.54 Å². The molecule has 2 aromatic rings. The smallest absolute Gasteiger partial charge is 0.217 e. The molecule has 0 heterocycles. The maximum Gasteiger partial charge on any atom is 0.217 e. The number of hydrogen-bond donors (Lipinski definition) is 2. The van der Waals surface area contributed by atoms with Gasteiger partial charge in [-0.05, 0) is 17.2 Å². The molecule has 0 aliphatic rings. The molecule has 0 spiro atoms. The molecule has 0 radical (unpaired) electrons. The quantitative estimate of drug-likeness (QED) is 0.886. The number of carbonyl (C=O) groups is 1. The Morgan fingerprint density at radius 3 is 2.48 bits per heavy atom. The second-order valence-corrected chi connectivity index (χ2v) is 4.87. The zero-order valence-electron chi connectivity index (χ0n) is 12.3. The van der Waals surface area contributed by atoms with Crippen molar-refractivity contribution in [1.82, 2.24) is 5.32 Å². The topological polar surface area (TPSA) is 64.3 Å². The van der Waals surface area contributed by atoms with Crippen molar-refractivity contribution in [1.29, 1.82) is 0 Å². The van der Waals surface area contributed by atoms with Crippen molar-refractivity contribution >= 4 is 5.91 Å². The van der Waals surface area contributed by atoms with Crippen molar-refractivity contribution < 1.29 is 9.53 Å². The number of amides is 1. The van der Waals surface area contributed by atoms with Crippen LogP contribution in [0.1, 0.15) is 29.7 Å². The van der Waals surface area contributed by atoms with Crippen LogP contribution in [-0.2, 0) is 11.3 Å². The van der Waals surface area contributed by atoms with Gasteiger partial charge in [-0.25, -0.2) is 0 Å².